The van der Waals surface area contributed by atoms with Crippen molar-refractivity contribution in [2.24, 2.45) is 10.8 Å². The van der Waals surface area contributed by atoms with E-state index in [0.29, 0.717) is 17.9 Å². The molecular formula is C15H16FN5O2S. The highest BCUT2D eigenvalue weighted by Crippen LogP contribution is 2.24. The monoisotopic (exact) mass is 349 g/mol. The van der Waals surface area contributed by atoms with Crippen molar-refractivity contribution in [3.05, 3.63) is 48.3 Å². The number of nitrogens with two attached hydrogens (primary N) is 1. The average molecular weight is 349 g/mol. The number of nitrogens with zero attached hydrogens (tertiary/aromatic N) is 2. The van der Waals surface area contributed by atoms with Gasteiger partial charge in [-0.25, -0.2) is 9.63 Å². The van der Waals surface area contributed by atoms with Crippen molar-refractivity contribution in [3.8, 4) is 16.9 Å². The van der Waals surface area contributed by atoms with Crippen molar-refractivity contribution in [2.45, 2.75) is 6.92 Å². The fourth-order valence-corrected chi connectivity index (χ4v) is 2.03. The van der Waals surface area contributed by atoms with Crippen LogP contribution in [0.25, 0.3) is 11.1 Å². The van der Waals surface area contributed by atoms with E-state index in [1.54, 1.807) is 37.4 Å². The molecule has 0 spiro atoms. The van der Waals surface area contributed by atoms with Gasteiger partial charge in [0, 0.05) is 30.1 Å². The maximum absolute atomic E-state index is 12.0. The SMILES string of the molecule is CCNC(=O)Oc1cccc(-c2cncc(/C(N)=N/NSF)c2)c1. The summed E-state index contributed by atoms with van der Waals surface area (Å²) in [6, 6.07) is 8.73. The van der Waals surface area contributed by atoms with Crippen molar-refractivity contribution in [1.29, 1.82) is 0 Å². The smallest absolute Gasteiger partial charge is 0.410 e. The van der Waals surface area contributed by atoms with E-state index in [9.17, 15) is 8.68 Å². The van der Waals surface area contributed by atoms with Gasteiger partial charge in [0.2, 0.25) is 0 Å². The molecule has 1 aromatic heterocycles. The van der Waals surface area contributed by atoms with Gasteiger partial charge in [0.05, 0.1) is 0 Å². The highest BCUT2D eigenvalue weighted by Gasteiger charge is 2.07. The van der Waals surface area contributed by atoms with Crippen LogP contribution in [0.4, 0.5) is 8.68 Å². The Bertz CT molecular complexity index is 741. The van der Waals surface area contributed by atoms with E-state index in [1.807, 2.05) is 6.07 Å². The topological polar surface area (TPSA) is 102 Å². The molecule has 0 aliphatic rings. The molecule has 0 radical (unpaired) electrons. The van der Waals surface area contributed by atoms with Gasteiger partial charge in [-0.2, -0.15) is 0 Å². The third kappa shape index (κ3) is 4.85. The van der Waals surface area contributed by atoms with Gasteiger partial charge in [-0.3, -0.25) is 4.98 Å². The summed E-state index contributed by atoms with van der Waals surface area (Å²) in [4.78, 5) is 17.7. The standard InChI is InChI=1S/C15H16FN5O2S/c1-2-19-15(22)23-13-5-3-4-10(7-13)11-6-12(9-18-8-11)14(17)20-21-24-16/h3-9,21H,2H2,1H3,(H2,17,20)(H,19,22). The van der Waals surface area contributed by atoms with Gasteiger partial charge < -0.3 is 15.8 Å². The number of aromatic nitrogens is 1. The van der Waals surface area contributed by atoms with Crippen LogP contribution in [0.2, 0.25) is 0 Å². The van der Waals surface area contributed by atoms with Crippen molar-refractivity contribution in [2.75, 3.05) is 6.54 Å². The summed E-state index contributed by atoms with van der Waals surface area (Å²) in [5, 5.41) is 6.19. The number of pyridine rings is 1. The number of rotatable bonds is 6. The van der Waals surface area contributed by atoms with Gasteiger partial charge >= 0.3 is 6.09 Å². The summed E-state index contributed by atoms with van der Waals surface area (Å²) in [6.07, 6.45) is 2.63. The molecule has 0 aliphatic heterocycles. The quantitative estimate of drug-likeness (QED) is 0.321. The van der Waals surface area contributed by atoms with Crippen LogP contribution in [0.15, 0.2) is 47.8 Å². The molecular weight excluding hydrogens is 333 g/mol. The molecule has 7 nitrogen and oxygen atoms in total. The Balaban J connectivity index is 2.24. The Morgan fingerprint density at radius 2 is 2.21 bits per heavy atom. The summed E-state index contributed by atoms with van der Waals surface area (Å²) in [7, 11) is 0. The van der Waals surface area contributed by atoms with Gasteiger partial charge in [-0.05, 0) is 30.7 Å². The van der Waals surface area contributed by atoms with Crippen LogP contribution in [-0.4, -0.2) is 23.5 Å². The second-order valence-corrected chi connectivity index (χ2v) is 4.91. The third-order valence-corrected chi connectivity index (χ3v) is 3.09. The Labute approximate surface area is 142 Å². The van der Waals surface area contributed by atoms with E-state index in [-0.39, 0.29) is 18.2 Å². The van der Waals surface area contributed by atoms with Crippen LogP contribution >= 0.6 is 12.3 Å². The number of amides is 1. The second kappa shape index (κ2) is 8.73. The number of amidine groups is 1. The van der Waals surface area contributed by atoms with Crippen LogP contribution in [0, 0.1) is 0 Å². The highest BCUT2D eigenvalue weighted by atomic mass is 32.2. The minimum atomic E-state index is -0.521. The van der Waals surface area contributed by atoms with Crippen molar-refractivity contribution < 1.29 is 13.4 Å². The molecule has 0 bridgehead atoms. The number of carbonyl (C=O) groups is 1. The number of carbonyl (C=O) groups excluding carboxylic acids is 1. The minimum Gasteiger partial charge on any atom is -0.410 e. The summed E-state index contributed by atoms with van der Waals surface area (Å²) >= 11 is -0.156. The fraction of sp³-hybridized carbons (Fsp3) is 0.133. The molecule has 126 valence electrons. The lowest BCUT2D eigenvalue weighted by Gasteiger charge is -2.08. The third-order valence-electron chi connectivity index (χ3n) is 2.93. The summed E-state index contributed by atoms with van der Waals surface area (Å²) in [6.45, 7) is 2.28. The molecule has 0 fully saturated rings. The lowest BCUT2D eigenvalue weighted by atomic mass is 10.1. The normalized spacial score (nSPS) is 11.0. The Hall–Kier alpha value is -2.81. The summed E-state index contributed by atoms with van der Waals surface area (Å²) in [5.74, 6) is 0.505. The Morgan fingerprint density at radius 3 is 2.96 bits per heavy atom. The molecule has 0 saturated carbocycles. The van der Waals surface area contributed by atoms with Crippen LogP contribution in [0.1, 0.15) is 12.5 Å². The highest BCUT2D eigenvalue weighted by molar-refractivity contribution is 7.92. The maximum atomic E-state index is 12.0. The zero-order chi connectivity index (χ0) is 17.4. The molecule has 24 heavy (non-hydrogen) atoms. The first-order chi connectivity index (χ1) is 11.6. The number of hydrazone groups is 1. The number of benzene rings is 1. The van der Waals surface area contributed by atoms with Crippen LogP contribution in [0.5, 0.6) is 5.75 Å². The van der Waals surface area contributed by atoms with Gasteiger partial charge in [-0.1, -0.05) is 12.1 Å². The molecule has 1 amide bonds. The molecule has 2 rings (SSSR count). The van der Waals surface area contributed by atoms with Crippen molar-refractivity contribution in [3.63, 3.8) is 0 Å². The summed E-state index contributed by atoms with van der Waals surface area (Å²) in [5.41, 5.74) is 7.81. The van der Waals surface area contributed by atoms with Crippen LogP contribution < -0.4 is 20.6 Å². The number of hydrogen-bond donors (Lipinski definition) is 3. The van der Waals surface area contributed by atoms with E-state index < -0.39 is 6.09 Å². The average Bonchev–Trinajstić information content (AvgIpc) is 2.60. The first-order valence-corrected chi connectivity index (χ1v) is 7.73. The molecule has 0 saturated heterocycles. The van der Waals surface area contributed by atoms with Crippen molar-refractivity contribution >= 4 is 24.3 Å². The first-order valence-electron chi connectivity index (χ1n) is 7.01. The number of hydrogen-bond acceptors (Lipinski definition) is 6. The van der Waals surface area contributed by atoms with Gasteiger partial charge in [0.1, 0.15) is 5.75 Å². The zero-order valence-electron chi connectivity index (χ0n) is 12.8. The van der Waals surface area contributed by atoms with Gasteiger partial charge in [-0.15, -0.1) is 8.99 Å². The number of halogens is 1. The Kier molecular flexibility index (Phi) is 6.38. The second-order valence-electron chi connectivity index (χ2n) is 4.58. The number of nitrogens with one attached hydrogen (secondary N) is 2. The zero-order valence-corrected chi connectivity index (χ0v) is 13.6. The van der Waals surface area contributed by atoms with Gasteiger partial charge in [0.15, 0.2) is 18.2 Å². The first kappa shape index (κ1) is 17.5. The molecule has 9 heteroatoms. The van der Waals surface area contributed by atoms with E-state index in [4.69, 9.17) is 10.5 Å². The predicted octanol–water partition coefficient (Wildman–Crippen LogP) is 2.60. The lowest BCUT2D eigenvalue weighted by Crippen LogP contribution is -2.26. The van der Waals surface area contributed by atoms with E-state index in [0.717, 1.165) is 11.1 Å². The van der Waals surface area contributed by atoms with Crippen molar-refractivity contribution in [1.82, 2.24) is 15.1 Å². The summed E-state index contributed by atoms with van der Waals surface area (Å²) < 4.78 is 17.2. The molecule has 1 aromatic carbocycles. The molecule has 4 N–H and O–H groups in total. The Morgan fingerprint density at radius 1 is 1.38 bits per heavy atom. The van der Waals surface area contributed by atoms with E-state index in [2.05, 4.69) is 20.2 Å². The van der Waals surface area contributed by atoms with Crippen LogP contribution in [0.3, 0.4) is 0 Å². The van der Waals surface area contributed by atoms with E-state index >= 15 is 0 Å². The molecule has 1 heterocycles. The molecule has 0 aliphatic carbocycles. The molecule has 2 aromatic rings. The number of ether oxygens (including phenoxy) is 1. The lowest BCUT2D eigenvalue weighted by molar-refractivity contribution is 0.201. The van der Waals surface area contributed by atoms with E-state index in [1.165, 1.54) is 6.20 Å². The minimum absolute atomic E-state index is 0.101. The van der Waals surface area contributed by atoms with Gasteiger partial charge in [0.25, 0.3) is 0 Å². The predicted molar refractivity (Wildman–Crippen MR) is 91.9 cm³/mol. The largest absolute Gasteiger partial charge is 0.412 e. The molecule has 0 atom stereocenters. The fourth-order valence-electron chi connectivity index (χ4n) is 1.90. The van der Waals surface area contributed by atoms with Crippen LogP contribution in [-0.2, 0) is 0 Å². The molecule has 0 unspecified atom stereocenters. The maximum Gasteiger partial charge on any atom is 0.412 e.